The highest BCUT2D eigenvalue weighted by atomic mass is 32.1. The molecule has 4 nitrogen and oxygen atoms in total. The van der Waals surface area contributed by atoms with E-state index in [9.17, 15) is 0 Å². The van der Waals surface area contributed by atoms with Crippen LogP contribution in [-0.4, -0.2) is 15.0 Å². The molecule has 0 N–H and O–H groups in total. The zero-order valence-electron chi connectivity index (χ0n) is 30.1. The lowest BCUT2D eigenvalue weighted by atomic mass is 9.98. The number of hydrogen-bond donors (Lipinski definition) is 0. The summed E-state index contributed by atoms with van der Waals surface area (Å²) in [6.45, 7) is 0. The van der Waals surface area contributed by atoms with Crippen molar-refractivity contribution in [1.82, 2.24) is 15.0 Å². The van der Waals surface area contributed by atoms with Gasteiger partial charge in [0.2, 0.25) is 0 Å². The molecule has 5 heteroatoms. The first kappa shape index (κ1) is 32.2. The van der Waals surface area contributed by atoms with Gasteiger partial charge in [0.25, 0.3) is 0 Å². The summed E-state index contributed by atoms with van der Waals surface area (Å²) in [6, 6.07) is 65.7. The molecule has 0 aliphatic carbocycles. The SMILES string of the molecule is c1ccc(-c2ccc(-c3ccc4oc5cccc(-c6nc(-c7ccccc7)nc(-c7ccc(-c8cccc9c8sc8ccccc89)cc7)n6)c5c4c3)cc2)cc1. The Bertz CT molecular complexity index is 3220. The normalized spacial score (nSPS) is 11.6. The first-order valence-corrected chi connectivity index (χ1v) is 19.5. The van der Waals surface area contributed by atoms with Crippen LogP contribution in [0.3, 0.4) is 0 Å². The number of fused-ring (bicyclic) bond motifs is 6. The molecule has 0 amide bonds. The van der Waals surface area contributed by atoms with Crippen LogP contribution < -0.4 is 0 Å². The van der Waals surface area contributed by atoms with Gasteiger partial charge in [-0.2, -0.15) is 0 Å². The molecule has 262 valence electrons. The average Bonchev–Trinajstić information content (AvgIpc) is 3.85. The third-order valence-electron chi connectivity index (χ3n) is 10.6. The molecule has 0 fully saturated rings. The van der Waals surface area contributed by atoms with E-state index < -0.39 is 0 Å². The number of furan rings is 1. The van der Waals surface area contributed by atoms with Gasteiger partial charge in [-0.3, -0.25) is 0 Å². The highest BCUT2D eigenvalue weighted by Crippen LogP contribution is 2.41. The van der Waals surface area contributed by atoms with Crippen molar-refractivity contribution in [3.8, 4) is 67.5 Å². The van der Waals surface area contributed by atoms with Crippen LogP contribution in [0.1, 0.15) is 0 Å². The van der Waals surface area contributed by atoms with E-state index in [0.29, 0.717) is 17.5 Å². The highest BCUT2D eigenvalue weighted by molar-refractivity contribution is 7.26. The van der Waals surface area contributed by atoms with Crippen molar-refractivity contribution in [2.75, 3.05) is 0 Å². The van der Waals surface area contributed by atoms with Crippen LogP contribution in [0.4, 0.5) is 0 Å². The van der Waals surface area contributed by atoms with E-state index in [4.69, 9.17) is 19.4 Å². The van der Waals surface area contributed by atoms with Gasteiger partial charge in [0, 0.05) is 47.6 Å². The van der Waals surface area contributed by atoms with Crippen molar-refractivity contribution in [2.24, 2.45) is 0 Å². The molecular formula is C51H31N3OS. The number of benzene rings is 8. The zero-order valence-corrected chi connectivity index (χ0v) is 30.9. The lowest BCUT2D eigenvalue weighted by Crippen LogP contribution is -2.00. The van der Waals surface area contributed by atoms with Crippen molar-refractivity contribution < 1.29 is 4.42 Å². The summed E-state index contributed by atoms with van der Waals surface area (Å²) < 4.78 is 9.04. The van der Waals surface area contributed by atoms with Crippen LogP contribution >= 0.6 is 11.3 Å². The van der Waals surface area contributed by atoms with Crippen molar-refractivity contribution in [2.45, 2.75) is 0 Å². The van der Waals surface area contributed by atoms with Crippen molar-refractivity contribution in [1.29, 1.82) is 0 Å². The summed E-state index contributed by atoms with van der Waals surface area (Å²) in [4.78, 5) is 15.3. The third-order valence-corrected chi connectivity index (χ3v) is 11.8. The van der Waals surface area contributed by atoms with Gasteiger partial charge < -0.3 is 4.42 Å². The van der Waals surface area contributed by atoms with Gasteiger partial charge in [-0.25, -0.2) is 15.0 Å². The zero-order chi connectivity index (χ0) is 37.0. The molecule has 56 heavy (non-hydrogen) atoms. The Morgan fingerprint density at radius 2 is 0.875 bits per heavy atom. The lowest BCUT2D eigenvalue weighted by molar-refractivity contribution is 0.669. The first-order chi connectivity index (χ1) is 27.7. The Labute approximate surface area is 327 Å². The van der Waals surface area contributed by atoms with Gasteiger partial charge in [-0.1, -0.05) is 164 Å². The number of aromatic nitrogens is 3. The van der Waals surface area contributed by atoms with E-state index in [2.05, 4.69) is 140 Å². The smallest absolute Gasteiger partial charge is 0.164 e. The fourth-order valence-corrected chi connectivity index (χ4v) is 9.03. The molecule has 0 unspecified atom stereocenters. The second-order valence-electron chi connectivity index (χ2n) is 14.0. The summed E-state index contributed by atoms with van der Waals surface area (Å²) in [7, 11) is 0. The second-order valence-corrected chi connectivity index (χ2v) is 15.0. The molecule has 0 aliphatic rings. The van der Waals surface area contributed by atoms with Crippen molar-refractivity contribution in [3.05, 3.63) is 188 Å². The van der Waals surface area contributed by atoms with E-state index in [0.717, 1.165) is 55.3 Å². The highest BCUT2D eigenvalue weighted by Gasteiger charge is 2.19. The summed E-state index contributed by atoms with van der Waals surface area (Å²) in [6.07, 6.45) is 0. The minimum Gasteiger partial charge on any atom is -0.456 e. The maximum Gasteiger partial charge on any atom is 0.164 e. The van der Waals surface area contributed by atoms with E-state index in [-0.39, 0.29) is 0 Å². The van der Waals surface area contributed by atoms with Gasteiger partial charge in [0.05, 0.1) is 0 Å². The molecule has 0 saturated carbocycles. The first-order valence-electron chi connectivity index (χ1n) is 18.7. The summed E-state index contributed by atoms with van der Waals surface area (Å²) in [5.41, 5.74) is 11.4. The second kappa shape index (κ2) is 13.3. The maximum absolute atomic E-state index is 6.45. The number of thiophene rings is 1. The maximum atomic E-state index is 6.45. The van der Waals surface area contributed by atoms with Gasteiger partial charge >= 0.3 is 0 Å². The summed E-state index contributed by atoms with van der Waals surface area (Å²) in [5.74, 6) is 1.83. The van der Waals surface area contributed by atoms with Crippen molar-refractivity contribution >= 4 is 53.4 Å². The minimum absolute atomic E-state index is 0.596. The Kier molecular flexibility index (Phi) is 7.64. The van der Waals surface area contributed by atoms with Crippen LogP contribution in [0.15, 0.2) is 192 Å². The Balaban J connectivity index is 1.02. The molecule has 0 aliphatic heterocycles. The standard InChI is InChI=1S/C51H31N3OS/c1-3-11-32(12-4-1)33-21-23-34(24-22-33)38-29-30-44-43(31-38)47-42(18-10-19-45(47)55-44)51-53-49(36-13-5-2-6-14-36)52-50(54-51)37-27-25-35(26-28-37)39-16-9-17-41-40-15-7-8-20-46(40)56-48(39)41/h1-31H. The van der Waals surface area contributed by atoms with Gasteiger partial charge in [-0.05, 0) is 57.6 Å². The molecule has 0 spiro atoms. The largest absolute Gasteiger partial charge is 0.456 e. The van der Waals surface area contributed by atoms with Crippen LogP contribution in [0, 0.1) is 0 Å². The van der Waals surface area contributed by atoms with Gasteiger partial charge in [0.1, 0.15) is 11.2 Å². The lowest BCUT2D eigenvalue weighted by Gasteiger charge is -2.10. The summed E-state index contributed by atoms with van der Waals surface area (Å²) in [5, 5.41) is 4.58. The van der Waals surface area contributed by atoms with Gasteiger partial charge in [-0.15, -0.1) is 11.3 Å². The van der Waals surface area contributed by atoms with E-state index in [1.54, 1.807) is 0 Å². The molecule has 3 heterocycles. The van der Waals surface area contributed by atoms with Crippen LogP contribution in [0.5, 0.6) is 0 Å². The fraction of sp³-hybridized carbons (Fsp3) is 0. The number of hydrogen-bond acceptors (Lipinski definition) is 5. The van der Waals surface area contributed by atoms with Gasteiger partial charge in [0.15, 0.2) is 17.5 Å². The number of nitrogens with zero attached hydrogens (tertiary/aromatic N) is 3. The molecule has 0 radical (unpaired) electrons. The topological polar surface area (TPSA) is 51.8 Å². The van der Waals surface area contributed by atoms with Crippen LogP contribution in [0.2, 0.25) is 0 Å². The fourth-order valence-electron chi connectivity index (χ4n) is 7.79. The average molecular weight is 734 g/mol. The van der Waals surface area contributed by atoms with E-state index in [1.807, 2.05) is 59.9 Å². The summed E-state index contributed by atoms with van der Waals surface area (Å²) >= 11 is 1.84. The molecule has 8 aromatic carbocycles. The van der Waals surface area contributed by atoms with Crippen LogP contribution in [0.25, 0.3) is 110 Å². The van der Waals surface area contributed by atoms with Crippen LogP contribution in [-0.2, 0) is 0 Å². The van der Waals surface area contributed by atoms with E-state index >= 15 is 0 Å². The molecule has 11 rings (SSSR count). The Morgan fingerprint density at radius 1 is 0.339 bits per heavy atom. The monoisotopic (exact) mass is 733 g/mol. The molecule has 3 aromatic heterocycles. The predicted molar refractivity (Wildman–Crippen MR) is 233 cm³/mol. The third kappa shape index (κ3) is 5.56. The van der Waals surface area contributed by atoms with Crippen molar-refractivity contribution in [3.63, 3.8) is 0 Å². The molecule has 0 saturated heterocycles. The molecule has 11 aromatic rings. The quantitative estimate of drug-likeness (QED) is 0.171. The molecular weight excluding hydrogens is 703 g/mol. The Hall–Kier alpha value is -7.21. The predicted octanol–water partition coefficient (Wildman–Crippen LogP) is 14.1. The Morgan fingerprint density at radius 3 is 1.64 bits per heavy atom. The molecule has 0 bridgehead atoms. The minimum atomic E-state index is 0.596. The number of rotatable bonds is 6. The molecule has 0 atom stereocenters. The van der Waals surface area contributed by atoms with E-state index in [1.165, 1.54) is 36.9 Å².